The monoisotopic (exact) mass is 316 g/mol. The van der Waals surface area contributed by atoms with E-state index in [4.69, 9.17) is 4.42 Å². The molecule has 0 aliphatic heterocycles. The zero-order chi connectivity index (χ0) is 15.5. The van der Waals surface area contributed by atoms with E-state index in [-0.39, 0.29) is 5.56 Å². The number of thiophene rings is 1. The number of aryl methyl sites for hydroxylation is 1. The molecule has 0 spiro atoms. The first kappa shape index (κ1) is 14.6. The van der Waals surface area contributed by atoms with Gasteiger partial charge in [-0.15, -0.1) is 11.3 Å². The van der Waals surface area contributed by atoms with Crippen LogP contribution in [0.5, 0.6) is 0 Å². The van der Waals surface area contributed by atoms with Gasteiger partial charge in [-0.2, -0.15) is 0 Å². The van der Waals surface area contributed by atoms with Crippen LogP contribution in [0, 0.1) is 0 Å². The fourth-order valence-corrected chi connectivity index (χ4v) is 3.85. The lowest BCUT2D eigenvalue weighted by Gasteiger charge is -2.13. The molecule has 0 radical (unpaired) electrons. The Morgan fingerprint density at radius 1 is 1.32 bits per heavy atom. The Morgan fingerprint density at radius 2 is 2.14 bits per heavy atom. The molecule has 0 bridgehead atoms. The highest BCUT2D eigenvalue weighted by Gasteiger charge is 2.22. The maximum atomic E-state index is 11.9. The Balaban J connectivity index is 1.81. The van der Waals surface area contributed by atoms with Crippen LogP contribution in [0.3, 0.4) is 0 Å². The summed E-state index contributed by atoms with van der Waals surface area (Å²) in [7, 11) is 0. The number of carboxylic acids is 1. The minimum absolute atomic E-state index is 0.138. The van der Waals surface area contributed by atoms with Crippen molar-refractivity contribution in [2.75, 3.05) is 5.32 Å². The molecule has 6 heteroatoms. The number of hydrogen-bond acceptors (Lipinski definition) is 5. The van der Waals surface area contributed by atoms with Crippen LogP contribution < -0.4 is 10.4 Å². The molecule has 0 atom stereocenters. The summed E-state index contributed by atoms with van der Waals surface area (Å²) in [6.45, 7) is 0. The number of carbonyl (C=O) groups excluding carboxylic acids is 2. The molecule has 1 N–H and O–H groups in total. The number of carboxylic acid groups (broad SMARTS) is 1. The summed E-state index contributed by atoms with van der Waals surface area (Å²) >= 11 is 1.33. The first-order valence-corrected chi connectivity index (χ1v) is 7.85. The molecule has 0 unspecified atom stereocenters. The summed E-state index contributed by atoms with van der Waals surface area (Å²) in [5.41, 5.74) is 0.959. The standard InChI is InChI=1S/C16H15NO4S/c18-13(8-7-10-4-3-9-21-10)17-15-14(16(19)20)11-5-1-2-6-12(11)22-15/h3-4,7-9H,1-2,5-6H2,(H,17,18)(H,19,20)/p-1. The van der Waals surface area contributed by atoms with Gasteiger partial charge >= 0.3 is 0 Å². The highest BCUT2D eigenvalue weighted by molar-refractivity contribution is 7.17. The predicted molar refractivity (Wildman–Crippen MR) is 81.7 cm³/mol. The molecule has 3 rings (SSSR count). The molecular weight excluding hydrogens is 302 g/mol. The lowest BCUT2D eigenvalue weighted by Crippen LogP contribution is -2.25. The van der Waals surface area contributed by atoms with Crippen LogP contribution >= 0.6 is 11.3 Å². The second-order valence-corrected chi connectivity index (χ2v) is 6.15. The zero-order valence-electron chi connectivity index (χ0n) is 11.8. The van der Waals surface area contributed by atoms with Gasteiger partial charge in [-0.3, -0.25) is 4.79 Å². The van der Waals surface area contributed by atoms with Crippen LogP contribution in [0.25, 0.3) is 6.08 Å². The van der Waals surface area contributed by atoms with Crippen LogP contribution in [0.2, 0.25) is 0 Å². The van der Waals surface area contributed by atoms with E-state index in [9.17, 15) is 14.7 Å². The van der Waals surface area contributed by atoms with Crippen LogP contribution in [0.4, 0.5) is 5.00 Å². The summed E-state index contributed by atoms with van der Waals surface area (Å²) in [6, 6.07) is 3.44. The first-order valence-electron chi connectivity index (χ1n) is 7.03. The minimum Gasteiger partial charge on any atom is -0.545 e. The Bertz CT molecular complexity index is 728. The SMILES string of the molecule is O=C(C=Cc1ccco1)Nc1sc2c(c1C(=O)[O-])CCCC2. The number of hydrogen-bond donors (Lipinski definition) is 1. The molecule has 2 heterocycles. The molecule has 114 valence electrons. The number of nitrogens with one attached hydrogen (secondary N) is 1. The number of rotatable bonds is 4. The van der Waals surface area contributed by atoms with Gasteiger partial charge in [0.2, 0.25) is 5.91 Å². The largest absolute Gasteiger partial charge is 0.545 e. The molecule has 1 amide bonds. The summed E-state index contributed by atoms with van der Waals surface area (Å²) in [4.78, 5) is 24.4. The molecule has 0 fully saturated rings. The molecular formula is C16H14NO4S-. The zero-order valence-corrected chi connectivity index (χ0v) is 12.6. The van der Waals surface area contributed by atoms with Gasteiger partial charge in [-0.1, -0.05) is 0 Å². The van der Waals surface area contributed by atoms with Gasteiger partial charge < -0.3 is 19.6 Å². The molecule has 0 aromatic carbocycles. The van der Waals surface area contributed by atoms with Crippen molar-refractivity contribution in [1.29, 1.82) is 0 Å². The van der Waals surface area contributed by atoms with Crippen molar-refractivity contribution >= 4 is 34.3 Å². The average Bonchev–Trinajstić information content (AvgIpc) is 3.11. The van der Waals surface area contributed by atoms with Gasteiger partial charge in [0.1, 0.15) is 10.8 Å². The van der Waals surface area contributed by atoms with Crippen LogP contribution in [0.1, 0.15) is 39.4 Å². The Hall–Kier alpha value is -2.34. The third-order valence-corrected chi connectivity index (χ3v) is 4.76. The number of furan rings is 1. The Kier molecular flexibility index (Phi) is 4.11. The lowest BCUT2D eigenvalue weighted by molar-refractivity contribution is -0.254. The number of carbonyl (C=O) groups is 2. The first-order chi connectivity index (χ1) is 10.6. The number of amides is 1. The van der Waals surface area contributed by atoms with Crippen molar-refractivity contribution in [2.24, 2.45) is 0 Å². The maximum Gasteiger partial charge on any atom is 0.249 e. The molecule has 1 aliphatic rings. The van der Waals surface area contributed by atoms with Gasteiger partial charge in [0.05, 0.1) is 12.2 Å². The van der Waals surface area contributed by atoms with Crippen molar-refractivity contribution < 1.29 is 19.1 Å². The Labute approximate surface area is 131 Å². The fraction of sp³-hybridized carbons (Fsp3) is 0.250. The summed E-state index contributed by atoms with van der Waals surface area (Å²) in [6.07, 6.45) is 7.96. The third kappa shape index (κ3) is 2.96. The van der Waals surface area contributed by atoms with Crippen molar-refractivity contribution in [3.8, 4) is 0 Å². The topological polar surface area (TPSA) is 82.4 Å². The number of aromatic carboxylic acids is 1. The lowest BCUT2D eigenvalue weighted by atomic mass is 9.95. The van der Waals surface area contributed by atoms with Crippen LogP contribution in [-0.4, -0.2) is 11.9 Å². The van der Waals surface area contributed by atoms with Crippen molar-refractivity contribution in [1.82, 2.24) is 0 Å². The van der Waals surface area contributed by atoms with Gasteiger partial charge in [-0.25, -0.2) is 0 Å². The second-order valence-electron chi connectivity index (χ2n) is 5.04. The molecule has 1 aliphatic carbocycles. The normalized spacial score (nSPS) is 14.0. The van der Waals surface area contributed by atoms with Gasteiger partial charge in [0.15, 0.2) is 0 Å². The predicted octanol–water partition coefficient (Wildman–Crippen LogP) is 2.24. The van der Waals surface area contributed by atoms with E-state index in [1.54, 1.807) is 12.1 Å². The minimum atomic E-state index is -1.23. The quantitative estimate of drug-likeness (QED) is 0.877. The fourth-order valence-electron chi connectivity index (χ4n) is 2.57. The van der Waals surface area contributed by atoms with Gasteiger partial charge in [0, 0.05) is 16.5 Å². The molecule has 2 aromatic rings. The van der Waals surface area contributed by atoms with E-state index < -0.39 is 11.9 Å². The molecule has 0 saturated heterocycles. The highest BCUT2D eigenvalue weighted by atomic mass is 32.1. The summed E-state index contributed by atoms with van der Waals surface area (Å²) < 4.78 is 5.09. The number of fused-ring (bicyclic) bond motifs is 1. The number of anilines is 1. The molecule has 5 nitrogen and oxygen atoms in total. The van der Waals surface area contributed by atoms with Crippen LogP contribution in [0.15, 0.2) is 28.9 Å². The summed E-state index contributed by atoms with van der Waals surface area (Å²) in [5.74, 6) is -1.07. The molecule has 2 aromatic heterocycles. The van der Waals surface area contributed by atoms with Gasteiger partial charge in [0.25, 0.3) is 0 Å². The van der Waals surface area contributed by atoms with Crippen molar-refractivity contribution in [3.63, 3.8) is 0 Å². The summed E-state index contributed by atoms with van der Waals surface area (Å²) in [5, 5.41) is 14.4. The van der Waals surface area contributed by atoms with Crippen LogP contribution in [-0.2, 0) is 17.6 Å². The highest BCUT2D eigenvalue weighted by Crippen LogP contribution is 2.37. The second kappa shape index (κ2) is 6.19. The van der Waals surface area contributed by atoms with Crippen molar-refractivity contribution in [2.45, 2.75) is 25.7 Å². The van der Waals surface area contributed by atoms with Crippen molar-refractivity contribution in [3.05, 3.63) is 46.2 Å². The van der Waals surface area contributed by atoms with Gasteiger partial charge in [-0.05, 0) is 49.5 Å². The molecule has 22 heavy (non-hydrogen) atoms. The van der Waals surface area contributed by atoms with E-state index in [0.717, 1.165) is 36.1 Å². The Morgan fingerprint density at radius 3 is 2.86 bits per heavy atom. The van der Waals surface area contributed by atoms with E-state index in [1.807, 2.05) is 0 Å². The van der Waals surface area contributed by atoms with E-state index in [0.29, 0.717) is 10.8 Å². The van der Waals surface area contributed by atoms with E-state index >= 15 is 0 Å². The maximum absolute atomic E-state index is 11.9. The third-order valence-electron chi connectivity index (χ3n) is 3.55. The molecule has 0 saturated carbocycles. The van der Waals surface area contributed by atoms with E-state index in [1.165, 1.54) is 29.8 Å². The van der Waals surface area contributed by atoms with E-state index in [2.05, 4.69) is 5.32 Å². The smallest absolute Gasteiger partial charge is 0.249 e. The average molecular weight is 316 g/mol.